The van der Waals surface area contributed by atoms with E-state index in [-0.39, 0.29) is 17.7 Å². The maximum atomic E-state index is 12.1. The normalized spacial score (nSPS) is 19.2. The lowest BCUT2D eigenvalue weighted by Gasteiger charge is -2.32. The molecule has 2 rings (SSSR count). The van der Waals surface area contributed by atoms with Gasteiger partial charge < -0.3 is 10.2 Å². The summed E-state index contributed by atoms with van der Waals surface area (Å²) in [6, 6.07) is 1.89. The van der Waals surface area contributed by atoms with Crippen molar-refractivity contribution in [2.45, 2.75) is 32.6 Å². The van der Waals surface area contributed by atoms with Gasteiger partial charge in [0.25, 0.3) is 0 Å². The summed E-state index contributed by atoms with van der Waals surface area (Å²) in [5.74, 6) is 0.136. The second-order valence-electron chi connectivity index (χ2n) is 4.93. The molecule has 0 bridgehead atoms. The molecule has 2 amide bonds. The highest BCUT2D eigenvalue weighted by Gasteiger charge is 2.27. The van der Waals surface area contributed by atoms with E-state index in [0.717, 1.165) is 31.5 Å². The predicted octanol–water partition coefficient (Wildman–Crippen LogP) is 2.73. The third-order valence-corrected chi connectivity index (χ3v) is 4.08. The molecule has 1 fully saturated rings. The molecule has 0 saturated carbocycles. The van der Waals surface area contributed by atoms with Crippen molar-refractivity contribution in [2.75, 3.05) is 18.4 Å². The van der Waals surface area contributed by atoms with Gasteiger partial charge in [-0.05, 0) is 30.7 Å². The van der Waals surface area contributed by atoms with Crippen LogP contribution < -0.4 is 5.32 Å². The number of rotatable bonds is 4. The van der Waals surface area contributed by atoms with Crippen molar-refractivity contribution in [1.82, 2.24) is 4.90 Å². The van der Waals surface area contributed by atoms with Crippen LogP contribution in [0.4, 0.5) is 5.69 Å². The summed E-state index contributed by atoms with van der Waals surface area (Å²) in [7, 11) is 0. The molecule has 1 aliphatic rings. The van der Waals surface area contributed by atoms with Crippen LogP contribution in [0.1, 0.15) is 32.6 Å². The number of likely N-dealkylation sites (tertiary alicyclic amines) is 1. The third-order valence-electron chi connectivity index (χ3n) is 3.40. The number of carbonyl (C=O) groups excluding carboxylic acids is 2. The molecule has 5 heteroatoms. The van der Waals surface area contributed by atoms with Gasteiger partial charge in [-0.15, -0.1) is 0 Å². The average Bonchev–Trinajstić information content (AvgIpc) is 2.92. The molecular formula is C14H20N2O2S. The molecule has 1 aliphatic heterocycles. The van der Waals surface area contributed by atoms with Crippen LogP contribution in [0.25, 0.3) is 0 Å². The molecule has 1 N–H and O–H groups in total. The molecule has 19 heavy (non-hydrogen) atoms. The first-order chi connectivity index (χ1) is 9.20. The van der Waals surface area contributed by atoms with Crippen molar-refractivity contribution < 1.29 is 9.59 Å². The van der Waals surface area contributed by atoms with Crippen LogP contribution in [-0.4, -0.2) is 29.8 Å². The van der Waals surface area contributed by atoms with Gasteiger partial charge in [0.05, 0.1) is 11.6 Å². The van der Waals surface area contributed by atoms with Crippen LogP contribution in [0.5, 0.6) is 0 Å². The molecule has 4 nitrogen and oxygen atoms in total. The van der Waals surface area contributed by atoms with Gasteiger partial charge in [0.1, 0.15) is 0 Å². The predicted molar refractivity (Wildman–Crippen MR) is 77.2 cm³/mol. The number of anilines is 1. The molecule has 0 aromatic carbocycles. The molecule has 1 saturated heterocycles. The van der Waals surface area contributed by atoms with Crippen LogP contribution in [-0.2, 0) is 9.59 Å². The lowest BCUT2D eigenvalue weighted by atomic mass is 9.96. The fourth-order valence-electron chi connectivity index (χ4n) is 2.37. The van der Waals surface area contributed by atoms with Crippen LogP contribution in [0, 0.1) is 5.92 Å². The lowest BCUT2D eigenvalue weighted by Crippen LogP contribution is -2.43. The minimum absolute atomic E-state index is 0.0346. The van der Waals surface area contributed by atoms with Crippen molar-refractivity contribution in [2.24, 2.45) is 5.92 Å². The molecule has 1 atom stereocenters. The van der Waals surface area contributed by atoms with E-state index in [2.05, 4.69) is 5.32 Å². The first-order valence-corrected chi connectivity index (χ1v) is 7.76. The van der Waals surface area contributed by atoms with Gasteiger partial charge in [-0.3, -0.25) is 9.59 Å². The van der Waals surface area contributed by atoms with Gasteiger partial charge in [-0.1, -0.05) is 6.92 Å². The fourth-order valence-corrected chi connectivity index (χ4v) is 2.96. The van der Waals surface area contributed by atoms with E-state index in [4.69, 9.17) is 0 Å². The number of nitrogens with zero attached hydrogens (tertiary/aromatic N) is 1. The summed E-state index contributed by atoms with van der Waals surface area (Å²) < 4.78 is 0. The Morgan fingerprint density at radius 1 is 1.53 bits per heavy atom. The number of nitrogens with one attached hydrogen (secondary N) is 1. The van der Waals surface area contributed by atoms with Gasteiger partial charge in [-0.25, -0.2) is 0 Å². The monoisotopic (exact) mass is 280 g/mol. The Bertz CT molecular complexity index is 431. The lowest BCUT2D eigenvalue weighted by molar-refractivity contribution is -0.134. The van der Waals surface area contributed by atoms with E-state index in [1.54, 1.807) is 11.3 Å². The van der Waals surface area contributed by atoms with E-state index in [9.17, 15) is 9.59 Å². The maximum Gasteiger partial charge on any atom is 0.229 e. The highest BCUT2D eigenvalue weighted by Crippen LogP contribution is 2.20. The molecule has 0 radical (unpaired) electrons. The van der Waals surface area contributed by atoms with E-state index >= 15 is 0 Å². The Kier molecular flexibility index (Phi) is 4.96. The van der Waals surface area contributed by atoms with E-state index < -0.39 is 0 Å². The molecule has 1 aromatic heterocycles. The first-order valence-electron chi connectivity index (χ1n) is 6.81. The largest absolute Gasteiger partial charge is 0.342 e. The Hall–Kier alpha value is -1.36. The highest BCUT2D eigenvalue weighted by atomic mass is 32.1. The summed E-state index contributed by atoms with van der Waals surface area (Å²) in [5.41, 5.74) is 0.854. The zero-order chi connectivity index (χ0) is 13.7. The summed E-state index contributed by atoms with van der Waals surface area (Å²) in [6.45, 7) is 3.36. The van der Waals surface area contributed by atoms with E-state index in [1.807, 2.05) is 28.7 Å². The summed E-state index contributed by atoms with van der Waals surface area (Å²) in [4.78, 5) is 25.9. The standard InChI is InChI=1S/C14H20N2O2S/c1-2-4-13(17)16-7-3-5-11(9-16)14(18)15-12-6-8-19-10-12/h6,8,10-11H,2-5,7,9H2,1H3,(H,15,18). The first kappa shape index (κ1) is 14.1. The van der Waals surface area contributed by atoms with Gasteiger partial charge in [0.2, 0.25) is 11.8 Å². The number of amides is 2. The maximum absolute atomic E-state index is 12.1. The third kappa shape index (κ3) is 3.80. The Morgan fingerprint density at radius 3 is 3.05 bits per heavy atom. The summed E-state index contributed by atoms with van der Waals surface area (Å²) >= 11 is 1.56. The van der Waals surface area contributed by atoms with Crippen LogP contribution in [0.15, 0.2) is 16.8 Å². The van der Waals surface area contributed by atoms with Gasteiger partial charge >= 0.3 is 0 Å². The average molecular weight is 280 g/mol. The van der Waals surface area contributed by atoms with Crippen molar-refractivity contribution in [3.63, 3.8) is 0 Å². The van der Waals surface area contributed by atoms with Crippen LogP contribution in [0.3, 0.4) is 0 Å². The van der Waals surface area contributed by atoms with Crippen LogP contribution >= 0.6 is 11.3 Å². The van der Waals surface area contributed by atoms with E-state index in [0.29, 0.717) is 13.0 Å². The quantitative estimate of drug-likeness (QED) is 0.922. The Labute approximate surface area is 117 Å². The molecule has 104 valence electrons. The molecular weight excluding hydrogens is 260 g/mol. The molecule has 0 spiro atoms. The van der Waals surface area contributed by atoms with Gasteiger partial charge in [0, 0.05) is 24.9 Å². The van der Waals surface area contributed by atoms with Crippen molar-refractivity contribution in [3.05, 3.63) is 16.8 Å². The Balaban J connectivity index is 1.89. The highest BCUT2D eigenvalue weighted by molar-refractivity contribution is 7.08. The SMILES string of the molecule is CCCC(=O)N1CCCC(C(=O)Nc2ccsc2)C1. The van der Waals surface area contributed by atoms with Crippen LogP contribution in [0.2, 0.25) is 0 Å². The molecule has 1 unspecified atom stereocenters. The number of carbonyl (C=O) groups is 2. The zero-order valence-corrected chi connectivity index (χ0v) is 12.0. The number of hydrogen-bond donors (Lipinski definition) is 1. The summed E-state index contributed by atoms with van der Waals surface area (Å²) in [5, 5.41) is 6.77. The van der Waals surface area contributed by atoms with Gasteiger partial charge in [0.15, 0.2) is 0 Å². The van der Waals surface area contributed by atoms with E-state index in [1.165, 1.54) is 0 Å². The topological polar surface area (TPSA) is 49.4 Å². The molecule has 2 heterocycles. The molecule has 1 aromatic rings. The second kappa shape index (κ2) is 6.70. The number of hydrogen-bond acceptors (Lipinski definition) is 3. The smallest absolute Gasteiger partial charge is 0.229 e. The number of piperidine rings is 1. The van der Waals surface area contributed by atoms with Crippen molar-refractivity contribution >= 4 is 28.8 Å². The van der Waals surface area contributed by atoms with Crippen molar-refractivity contribution in [1.29, 1.82) is 0 Å². The Morgan fingerprint density at radius 2 is 2.37 bits per heavy atom. The second-order valence-corrected chi connectivity index (χ2v) is 5.71. The zero-order valence-electron chi connectivity index (χ0n) is 11.2. The van der Waals surface area contributed by atoms with Crippen molar-refractivity contribution in [3.8, 4) is 0 Å². The minimum atomic E-state index is -0.0746. The number of thiophene rings is 1. The summed E-state index contributed by atoms with van der Waals surface area (Å²) in [6.07, 6.45) is 3.23. The van der Waals surface area contributed by atoms with Gasteiger partial charge in [-0.2, -0.15) is 11.3 Å². The minimum Gasteiger partial charge on any atom is -0.342 e. The fraction of sp³-hybridized carbons (Fsp3) is 0.571. The molecule has 0 aliphatic carbocycles.